The highest BCUT2D eigenvalue weighted by Gasteiger charge is 2.38. The van der Waals surface area contributed by atoms with Gasteiger partial charge in [-0.2, -0.15) is 0 Å². The van der Waals surface area contributed by atoms with Gasteiger partial charge in [0.25, 0.3) is 0 Å². The SMILES string of the molecule is CC(C)(C)OC(=O)N1CC[C@@H](N(CC(C)(C)OC(=O)N2CC[C@@H](N)C2)c2cnc3[nH]ccc3n2)C1. The summed E-state index contributed by atoms with van der Waals surface area (Å²) < 4.78 is 11.5. The molecule has 2 aliphatic rings. The zero-order valence-electron chi connectivity index (χ0n) is 21.3. The van der Waals surface area contributed by atoms with Crippen LogP contribution >= 0.6 is 0 Å². The van der Waals surface area contributed by atoms with Gasteiger partial charge in [0.2, 0.25) is 0 Å². The number of carbonyl (C=O) groups is 2. The molecule has 11 nitrogen and oxygen atoms in total. The van der Waals surface area contributed by atoms with Crippen LogP contribution in [0.1, 0.15) is 47.5 Å². The van der Waals surface area contributed by atoms with E-state index in [-0.39, 0.29) is 24.3 Å². The van der Waals surface area contributed by atoms with Gasteiger partial charge in [-0.25, -0.2) is 19.6 Å². The van der Waals surface area contributed by atoms with E-state index in [0.717, 1.165) is 18.4 Å². The molecule has 0 spiro atoms. The fourth-order valence-electron chi connectivity index (χ4n) is 4.54. The van der Waals surface area contributed by atoms with Crippen molar-refractivity contribution in [2.45, 2.75) is 70.7 Å². The number of nitrogens with one attached hydrogen (secondary N) is 1. The van der Waals surface area contributed by atoms with Crippen LogP contribution in [0.2, 0.25) is 0 Å². The van der Waals surface area contributed by atoms with E-state index in [9.17, 15) is 9.59 Å². The normalized spacial score (nSPS) is 21.0. The summed E-state index contributed by atoms with van der Waals surface area (Å²) >= 11 is 0. The number of aromatic nitrogens is 3. The molecule has 0 aliphatic carbocycles. The molecule has 0 unspecified atom stereocenters. The topological polar surface area (TPSA) is 130 Å². The van der Waals surface area contributed by atoms with Gasteiger partial charge in [-0.15, -0.1) is 0 Å². The lowest BCUT2D eigenvalue weighted by Crippen LogP contribution is -2.50. The first-order chi connectivity index (χ1) is 16.4. The number of hydrogen-bond acceptors (Lipinski definition) is 8. The van der Waals surface area contributed by atoms with E-state index >= 15 is 0 Å². The molecule has 0 saturated carbocycles. The largest absolute Gasteiger partial charge is 0.444 e. The number of likely N-dealkylation sites (tertiary alicyclic amines) is 2. The van der Waals surface area contributed by atoms with Crippen molar-refractivity contribution in [1.82, 2.24) is 24.8 Å². The number of H-pyrrole nitrogens is 1. The Morgan fingerprint density at radius 3 is 2.49 bits per heavy atom. The summed E-state index contributed by atoms with van der Waals surface area (Å²) in [5.74, 6) is 0.667. The smallest absolute Gasteiger partial charge is 0.410 e. The predicted molar refractivity (Wildman–Crippen MR) is 132 cm³/mol. The second kappa shape index (κ2) is 9.52. The highest BCUT2D eigenvalue weighted by Crippen LogP contribution is 2.27. The number of anilines is 1. The van der Waals surface area contributed by atoms with Crippen LogP contribution in [0.5, 0.6) is 0 Å². The molecule has 35 heavy (non-hydrogen) atoms. The van der Waals surface area contributed by atoms with Gasteiger partial charge in [0, 0.05) is 38.4 Å². The second-order valence-corrected chi connectivity index (χ2v) is 11.1. The molecule has 3 N–H and O–H groups in total. The molecule has 0 radical (unpaired) electrons. The summed E-state index contributed by atoms with van der Waals surface area (Å²) in [6.45, 7) is 11.9. The van der Waals surface area contributed by atoms with Crippen molar-refractivity contribution in [3.05, 3.63) is 18.5 Å². The van der Waals surface area contributed by atoms with Crippen molar-refractivity contribution in [1.29, 1.82) is 0 Å². The molecule has 2 aromatic heterocycles. The summed E-state index contributed by atoms with van der Waals surface area (Å²) in [6.07, 6.45) is 4.32. The van der Waals surface area contributed by atoms with Crippen LogP contribution < -0.4 is 10.6 Å². The Kier molecular flexibility index (Phi) is 6.81. The number of fused-ring (bicyclic) bond motifs is 1. The average Bonchev–Trinajstić information content (AvgIpc) is 3.50. The molecule has 2 fully saturated rings. The van der Waals surface area contributed by atoms with Crippen molar-refractivity contribution in [2.75, 3.05) is 37.6 Å². The molecule has 11 heteroatoms. The maximum Gasteiger partial charge on any atom is 0.410 e. The lowest BCUT2D eigenvalue weighted by Gasteiger charge is -2.37. The third-order valence-electron chi connectivity index (χ3n) is 6.20. The quantitative estimate of drug-likeness (QED) is 0.658. The maximum atomic E-state index is 12.8. The molecule has 0 aromatic carbocycles. The molecule has 2 aliphatic heterocycles. The van der Waals surface area contributed by atoms with E-state index in [1.54, 1.807) is 22.2 Å². The molecule has 0 bridgehead atoms. The van der Waals surface area contributed by atoms with Gasteiger partial charge in [0.15, 0.2) is 5.65 Å². The van der Waals surface area contributed by atoms with Crippen LogP contribution in [0.4, 0.5) is 15.4 Å². The summed E-state index contributed by atoms with van der Waals surface area (Å²) in [4.78, 5) is 43.3. The lowest BCUT2D eigenvalue weighted by atomic mass is 10.1. The highest BCUT2D eigenvalue weighted by molar-refractivity contribution is 5.72. The first-order valence-electron chi connectivity index (χ1n) is 12.2. The molecule has 2 atom stereocenters. The fourth-order valence-corrected chi connectivity index (χ4v) is 4.54. The van der Waals surface area contributed by atoms with E-state index < -0.39 is 11.2 Å². The summed E-state index contributed by atoms with van der Waals surface area (Å²) in [5, 5.41) is 0. The molecule has 2 saturated heterocycles. The summed E-state index contributed by atoms with van der Waals surface area (Å²) in [7, 11) is 0. The number of aromatic amines is 1. The van der Waals surface area contributed by atoms with Gasteiger partial charge in [-0.1, -0.05) is 0 Å². The van der Waals surface area contributed by atoms with Crippen molar-refractivity contribution < 1.29 is 19.1 Å². The number of carbonyl (C=O) groups excluding carboxylic acids is 2. The van der Waals surface area contributed by atoms with Crippen LogP contribution in [-0.2, 0) is 9.47 Å². The number of nitrogens with zero attached hydrogens (tertiary/aromatic N) is 5. The van der Waals surface area contributed by atoms with Gasteiger partial charge in [-0.3, -0.25) is 0 Å². The highest BCUT2D eigenvalue weighted by atomic mass is 16.6. The fraction of sp³-hybridized carbons (Fsp3) is 0.667. The predicted octanol–water partition coefficient (Wildman–Crippen LogP) is 2.72. The Morgan fingerprint density at radius 2 is 1.80 bits per heavy atom. The van der Waals surface area contributed by atoms with Gasteiger partial charge in [0.05, 0.1) is 18.8 Å². The Labute approximate surface area is 205 Å². The molecule has 4 heterocycles. The summed E-state index contributed by atoms with van der Waals surface area (Å²) in [6, 6.07) is 1.82. The minimum absolute atomic E-state index is 0.0113. The number of hydrogen-bond donors (Lipinski definition) is 2. The Balaban J connectivity index is 1.53. The van der Waals surface area contributed by atoms with Crippen molar-refractivity contribution in [2.24, 2.45) is 5.73 Å². The molecule has 2 amide bonds. The van der Waals surface area contributed by atoms with Crippen LogP contribution in [-0.4, -0.2) is 92.9 Å². The van der Waals surface area contributed by atoms with Crippen LogP contribution in [0.25, 0.3) is 11.2 Å². The zero-order valence-corrected chi connectivity index (χ0v) is 21.3. The first kappa shape index (κ1) is 25.0. The van der Waals surface area contributed by atoms with Crippen molar-refractivity contribution in [3.8, 4) is 0 Å². The molecule has 192 valence electrons. The van der Waals surface area contributed by atoms with E-state index in [1.165, 1.54) is 0 Å². The number of nitrogens with two attached hydrogens (primary N) is 1. The van der Waals surface area contributed by atoms with Crippen molar-refractivity contribution >= 4 is 29.2 Å². The molecular formula is C24H37N7O4. The molecule has 4 rings (SSSR count). The standard InChI is InChI=1S/C24H37N7O4/c1-23(2,3)34-21(32)30-11-8-17(14-30)31(19-12-27-20-18(28-19)6-9-26-20)15-24(4,5)35-22(33)29-10-7-16(25)13-29/h6,9,12,16-17H,7-8,10-11,13-15,25H2,1-5H3,(H,26,27)/t16-,17-/m1/s1. The van der Waals surface area contributed by atoms with E-state index in [0.29, 0.717) is 44.2 Å². The molecular weight excluding hydrogens is 450 g/mol. The van der Waals surface area contributed by atoms with E-state index in [2.05, 4.69) is 14.9 Å². The summed E-state index contributed by atoms with van der Waals surface area (Å²) in [5.41, 5.74) is 6.02. The number of ether oxygens (including phenoxy) is 2. The van der Waals surface area contributed by atoms with Gasteiger partial charge < -0.3 is 34.9 Å². The monoisotopic (exact) mass is 487 g/mol. The second-order valence-electron chi connectivity index (χ2n) is 11.1. The number of rotatable bonds is 5. The van der Waals surface area contributed by atoms with Crippen LogP contribution in [0.3, 0.4) is 0 Å². The van der Waals surface area contributed by atoms with Gasteiger partial charge >= 0.3 is 12.2 Å². The Morgan fingerprint density at radius 1 is 1.11 bits per heavy atom. The van der Waals surface area contributed by atoms with Gasteiger partial charge in [0.1, 0.15) is 22.5 Å². The first-order valence-corrected chi connectivity index (χ1v) is 12.2. The zero-order chi connectivity index (χ0) is 25.4. The molecule has 2 aromatic rings. The van der Waals surface area contributed by atoms with Crippen LogP contribution in [0, 0.1) is 0 Å². The minimum atomic E-state index is -0.822. The minimum Gasteiger partial charge on any atom is -0.444 e. The van der Waals surface area contributed by atoms with E-state index in [1.807, 2.05) is 40.7 Å². The third-order valence-corrected chi connectivity index (χ3v) is 6.20. The third kappa shape index (κ3) is 6.14. The van der Waals surface area contributed by atoms with Crippen molar-refractivity contribution in [3.63, 3.8) is 0 Å². The lowest BCUT2D eigenvalue weighted by molar-refractivity contribution is 0.0206. The maximum absolute atomic E-state index is 12.8. The number of amides is 2. The van der Waals surface area contributed by atoms with Gasteiger partial charge in [-0.05, 0) is 53.5 Å². The average molecular weight is 488 g/mol. The Bertz CT molecular complexity index is 1060. The van der Waals surface area contributed by atoms with Crippen LogP contribution in [0.15, 0.2) is 18.5 Å². The Hall–Kier alpha value is -3.08. The van der Waals surface area contributed by atoms with E-state index in [4.69, 9.17) is 20.2 Å².